The molecule has 21 heavy (non-hydrogen) atoms. The van der Waals surface area contributed by atoms with Gasteiger partial charge in [-0.3, -0.25) is 14.6 Å². The Morgan fingerprint density at radius 1 is 1.57 bits per heavy atom. The summed E-state index contributed by atoms with van der Waals surface area (Å²) in [4.78, 5) is 6.96. The predicted molar refractivity (Wildman–Crippen MR) is 86.3 cm³/mol. The van der Waals surface area contributed by atoms with E-state index in [-0.39, 0.29) is 0 Å². The average molecular weight is 292 g/mol. The molecule has 0 spiro atoms. The fourth-order valence-corrected chi connectivity index (χ4v) is 2.89. The molecule has 1 aromatic rings. The Bertz CT molecular complexity index is 453. The van der Waals surface area contributed by atoms with Crippen molar-refractivity contribution >= 4 is 5.96 Å². The van der Waals surface area contributed by atoms with E-state index >= 15 is 0 Å². The van der Waals surface area contributed by atoms with E-state index in [4.69, 9.17) is 5.73 Å². The van der Waals surface area contributed by atoms with Gasteiger partial charge in [-0.15, -0.1) is 0 Å². The van der Waals surface area contributed by atoms with Crippen LogP contribution in [-0.2, 0) is 13.5 Å². The van der Waals surface area contributed by atoms with Crippen LogP contribution in [0.4, 0.5) is 0 Å². The molecule has 2 heterocycles. The summed E-state index contributed by atoms with van der Waals surface area (Å²) in [7, 11) is 1.94. The molecule has 1 fully saturated rings. The van der Waals surface area contributed by atoms with Crippen molar-refractivity contribution in [2.75, 3.05) is 26.2 Å². The lowest BCUT2D eigenvalue weighted by Crippen LogP contribution is -2.36. The quantitative estimate of drug-likeness (QED) is 0.442. The second-order valence-electron chi connectivity index (χ2n) is 5.70. The number of aliphatic imine (C=N–C) groups is 1. The van der Waals surface area contributed by atoms with E-state index in [1.807, 2.05) is 17.9 Å². The maximum atomic E-state index is 5.93. The summed E-state index contributed by atoms with van der Waals surface area (Å²) in [5.74, 6) is 0.573. The highest BCUT2D eigenvalue weighted by Crippen LogP contribution is 2.16. The topological polar surface area (TPSA) is 71.5 Å². The fraction of sp³-hybridized carbons (Fsp3) is 0.733. The molecule has 1 aliphatic heterocycles. The van der Waals surface area contributed by atoms with Gasteiger partial charge in [0.15, 0.2) is 5.96 Å². The maximum Gasteiger partial charge on any atom is 0.188 e. The zero-order valence-electron chi connectivity index (χ0n) is 13.3. The largest absolute Gasteiger partial charge is 0.370 e. The summed E-state index contributed by atoms with van der Waals surface area (Å²) < 4.78 is 1.83. The minimum atomic E-state index is 0.573. The molecule has 6 nitrogen and oxygen atoms in total. The highest BCUT2D eigenvalue weighted by molar-refractivity contribution is 5.77. The van der Waals surface area contributed by atoms with E-state index in [1.165, 1.54) is 24.9 Å². The number of likely N-dealkylation sites (N-methyl/N-ethyl adjacent to an activating group) is 1. The predicted octanol–water partition coefficient (Wildman–Crippen LogP) is 0.741. The molecule has 1 atom stereocenters. The standard InChI is InChI=1S/C15H28N6/c1-3-21-9-5-7-14(21)11-18-15(16)17-8-4-6-13-10-19-20(2)12-13/h10,12,14H,3-9,11H2,1-2H3,(H3,16,17,18). The molecule has 6 heteroatoms. The van der Waals surface area contributed by atoms with Crippen LogP contribution in [0.2, 0.25) is 0 Å². The SMILES string of the molecule is CCN1CCCC1CN=C(N)NCCCc1cnn(C)c1. The number of hydrogen-bond donors (Lipinski definition) is 2. The van der Waals surface area contributed by atoms with Crippen LogP contribution in [0.1, 0.15) is 31.7 Å². The molecule has 0 aromatic carbocycles. The molecule has 1 saturated heterocycles. The van der Waals surface area contributed by atoms with Crippen molar-refractivity contribution < 1.29 is 0 Å². The van der Waals surface area contributed by atoms with Crippen molar-refractivity contribution in [3.8, 4) is 0 Å². The number of rotatable bonds is 7. The third-order valence-electron chi connectivity index (χ3n) is 4.08. The van der Waals surface area contributed by atoms with Gasteiger partial charge in [-0.05, 0) is 44.3 Å². The van der Waals surface area contributed by atoms with E-state index in [2.05, 4.69) is 33.4 Å². The average Bonchev–Trinajstić information content (AvgIpc) is 3.09. The van der Waals surface area contributed by atoms with E-state index in [9.17, 15) is 0 Å². The summed E-state index contributed by atoms with van der Waals surface area (Å²) in [6, 6.07) is 0.575. The Morgan fingerprint density at radius 2 is 2.43 bits per heavy atom. The molecule has 0 bridgehead atoms. The van der Waals surface area contributed by atoms with Gasteiger partial charge in [0, 0.05) is 25.8 Å². The Balaban J connectivity index is 1.62. The van der Waals surface area contributed by atoms with Gasteiger partial charge in [-0.2, -0.15) is 5.10 Å². The molecule has 2 rings (SSSR count). The second-order valence-corrected chi connectivity index (χ2v) is 5.70. The summed E-state index contributed by atoms with van der Waals surface area (Å²) in [6.45, 7) is 6.19. The molecule has 1 aromatic heterocycles. The number of hydrogen-bond acceptors (Lipinski definition) is 3. The Hall–Kier alpha value is -1.56. The van der Waals surface area contributed by atoms with Crippen LogP contribution in [-0.4, -0.2) is 52.9 Å². The number of nitrogens with one attached hydrogen (secondary N) is 1. The lowest BCUT2D eigenvalue weighted by Gasteiger charge is -2.20. The smallest absolute Gasteiger partial charge is 0.188 e. The molecule has 1 aliphatic rings. The zero-order chi connectivity index (χ0) is 15.1. The number of likely N-dealkylation sites (tertiary alicyclic amines) is 1. The number of aromatic nitrogens is 2. The van der Waals surface area contributed by atoms with Crippen LogP contribution in [0.3, 0.4) is 0 Å². The van der Waals surface area contributed by atoms with E-state index in [0.29, 0.717) is 12.0 Å². The van der Waals surface area contributed by atoms with Gasteiger partial charge in [0.25, 0.3) is 0 Å². The van der Waals surface area contributed by atoms with Crippen LogP contribution in [0.25, 0.3) is 0 Å². The highest BCUT2D eigenvalue weighted by atomic mass is 15.2. The van der Waals surface area contributed by atoms with Gasteiger partial charge in [-0.25, -0.2) is 0 Å². The lowest BCUT2D eigenvalue weighted by molar-refractivity contribution is 0.273. The molecule has 1 unspecified atom stereocenters. The van der Waals surface area contributed by atoms with Crippen LogP contribution in [0.5, 0.6) is 0 Å². The van der Waals surface area contributed by atoms with Crippen LogP contribution < -0.4 is 11.1 Å². The second kappa shape index (κ2) is 8.02. The molecule has 118 valence electrons. The molecular formula is C15H28N6. The first-order valence-corrected chi connectivity index (χ1v) is 7.94. The number of nitrogens with zero attached hydrogens (tertiary/aromatic N) is 4. The minimum absolute atomic E-state index is 0.573. The summed E-state index contributed by atoms with van der Waals surface area (Å²) in [6.07, 6.45) is 8.54. The summed E-state index contributed by atoms with van der Waals surface area (Å²) in [5.41, 5.74) is 7.19. The first-order valence-electron chi connectivity index (χ1n) is 7.94. The van der Waals surface area contributed by atoms with Crippen LogP contribution in [0.15, 0.2) is 17.4 Å². The number of guanidine groups is 1. The molecular weight excluding hydrogens is 264 g/mol. The van der Waals surface area contributed by atoms with Gasteiger partial charge in [0.2, 0.25) is 0 Å². The maximum absolute atomic E-state index is 5.93. The van der Waals surface area contributed by atoms with Gasteiger partial charge < -0.3 is 11.1 Å². The Kier molecular flexibility index (Phi) is 6.04. The highest BCUT2D eigenvalue weighted by Gasteiger charge is 2.22. The summed E-state index contributed by atoms with van der Waals surface area (Å²) in [5, 5.41) is 7.36. The van der Waals surface area contributed by atoms with E-state index in [0.717, 1.165) is 32.5 Å². The first kappa shape index (κ1) is 15.8. The van der Waals surface area contributed by atoms with Crippen molar-refractivity contribution in [3.05, 3.63) is 18.0 Å². The molecule has 0 aliphatic carbocycles. The molecule has 0 amide bonds. The van der Waals surface area contributed by atoms with Crippen molar-refractivity contribution in [1.82, 2.24) is 20.0 Å². The van der Waals surface area contributed by atoms with Crippen molar-refractivity contribution in [3.63, 3.8) is 0 Å². The number of aryl methyl sites for hydroxylation is 2. The zero-order valence-corrected chi connectivity index (χ0v) is 13.3. The normalized spacial score (nSPS) is 20.1. The van der Waals surface area contributed by atoms with Gasteiger partial charge in [-0.1, -0.05) is 6.92 Å². The monoisotopic (exact) mass is 292 g/mol. The lowest BCUT2D eigenvalue weighted by atomic mass is 10.2. The minimum Gasteiger partial charge on any atom is -0.370 e. The van der Waals surface area contributed by atoms with Crippen molar-refractivity contribution in [1.29, 1.82) is 0 Å². The molecule has 0 saturated carbocycles. The third-order valence-corrected chi connectivity index (χ3v) is 4.08. The number of nitrogens with two attached hydrogens (primary N) is 1. The van der Waals surface area contributed by atoms with Gasteiger partial charge >= 0.3 is 0 Å². The van der Waals surface area contributed by atoms with Crippen LogP contribution >= 0.6 is 0 Å². The Labute approximate surface area is 127 Å². The summed E-state index contributed by atoms with van der Waals surface area (Å²) >= 11 is 0. The van der Waals surface area contributed by atoms with E-state index in [1.54, 1.807) is 0 Å². The van der Waals surface area contributed by atoms with Gasteiger partial charge in [0.1, 0.15) is 0 Å². The first-order chi connectivity index (χ1) is 10.2. The third kappa shape index (κ3) is 5.04. The molecule has 0 radical (unpaired) electrons. The fourth-order valence-electron chi connectivity index (χ4n) is 2.89. The van der Waals surface area contributed by atoms with Crippen molar-refractivity contribution in [2.24, 2.45) is 17.8 Å². The van der Waals surface area contributed by atoms with Crippen molar-refractivity contribution in [2.45, 2.75) is 38.6 Å². The van der Waals surface area contributed by atoms with Gasteiger partial charge in [0.05, 0.1) is 12.7 Å². The molecule has 3 N–H and O–H groups in total. The Morgan fingerprint density at radius 3 is 3.14 bits per heavy atom. The van der Waals surface area contributed by atoms with E-state index < -0.39 is 0 Å². The van der Waals surface area contributed by atoms with Crippen LogP contribution in [0, 0.1) is 0 Å².